The van der Waals surface area contributed by atoms with Crippen LogP contribution in [0.5, 0.6) is 0 Å². The van der Waals surface area contributed by atoms with E-state index in [0.717, 1.165) is 0 Å². The summed E-state index contributed by atoms with van der Waals surface area (Å²) in [5.74, 6) is -0.138. The Morgan fingerprint density at radius 1 is 1.18 bits per heavy atom. The Labute approximate surface area is 138 Å². The van der Waals surface area contributed by atoms with Gasteiger partial charge >= 0.3 is 6.03 Å². The molecule has 0 aliphatic rings. The van der Waals surface area contributed by atoms with Crippen LogP contribution >= 0.6 is 12.4 Å². The van der Waals surface area contributed by atoms with E-state index in [1.165, 1.54) is 0 Å². The molecule has 0 aliphatic carbocycles. The molecule has 0 atom stereocenters. The lowest BCUT2D eigenvalue weighted by atomic mass is 10.0. The van der Waals surface area contributed by atoms with Crippen LogP contribution in [0.2, 0.25) is 0 Å². The highest BCUT2D eigenvalue weighted by atomic mass is 35.5. The van der Waals surface area contributed by atoms with E-state index >= 15 is 0 Å². The molecule has 0 saturated heterocycles. The zero-order chi connectivity index (χ0) is 15.9. The Morgan fingerprint density at radius 3 is 2.32 bits per heavy atom. The van der Waals surface area contributed by atoms with Crippen LogP contribution in [-0.4, -0.2) is 49.6 Å². The second-order valence-electron chi connectivity index (χ2n) is 5.40. The van der Waals surface area contributed by atoms with Crippen molar-refractivity contribution in [2.24, 2.45) is 0 Å². The van der Waals surface area contributed by atoms with Crippen molar-refractivity contribution in [2.45, 2.75) is 19.4 Å². The molecule has 124 valence electrons. The highest BCUT2D eigenvalue weighted by Crippen LogP contribution is 2.09. The first kappa shape index (κ1) is 20.2. The van der Waals surface area contributed by atoms with Crippen LogP contribution < -0.4 is 16.0 Å². The van der Waals surface area contributed by atoms with Crippen molar-refractivity contribution in [3.05, 3.63) is 30.3 Å². The Hall–Kier alpha value is -1.79. The molecule has 0 bridgehead atoms. The number of hydrogen-bond acceptors (Lipinski definition) is 3. The molecule has 0 fully saturated rings. The Bertz CT molecular complexity index is 480. The largest absolute Gasteiger partial charge is 0.342 e. The third kappa shape index (κ3) is 6.32. The lowest BCUT2D eigenvalue weighted by Gasteiger charge is -2.30. The minimum absolute atomic E-state index is 0. The van der Waals surface area contributed by atoms with E-state index in [9.17, 15) is 9.59 Å². The summed E-state index contributed by atoms with van der Waals surface area (Å²) in [6, 6.07) is 8.70. The van der Waals surface area contributed by atoms with Gasteiger partial charge in [0.25, 0.3) is 0 Å². The second kappa shape index (κ2) is 9.27. The van der Waals surface area contributed by atoms with Crippen LogP contribution in [0.15, 0.2) is 30.3 Å². The van der Waals surface area contributed by atoms with Crippen LogP contribution in [0.25, 0.3) is 0 Å². The fourth-order valence-corrected chi connectivity index (χ4v) is 1.88. The first-order valence-electron chi connectivity index (χ1n) is 6.91. The first-order valence-corrected chi connectivity index (χ1v) is 6.91. The first-order chi connectivity index (χ1) is 9.86. The van der Waals surface area contributed by atoms with Crippen molar-refractivity contribution in [3.63, 3.8) is 0 Å². The predicted octanol–water partition coefficient (Wildman–Crippen LogP) is 1.69. The van der Waals surface area contributed by atoms with E-state index in [4.69, 9.17) is 0 Å². The van der Waals surface area contributed by atoms with E-state index in [2.05, 4.69) is 16.0 Å². The maximum Gasteiger partial charge on any atom is 0.320 e. The molecule has 22 heavy (non-hydrogen) atoms. The molecule has 1 aromatic carbocycles. The highest BCUT2D eigenvalue weighted by molar-refractivity contribution is 5.95. The summed E-state index contributed by atoms with van der Waals surface area (Å²) in [5, 5.41) is 8.39. The number of amides is 3. The number of halogens is 1. The average molecular weight is 329 g/mol. The van der Waals surface area contributed by atoms with Gasteiger partial charge in [-0.3, -0.25) is 4.79 Å². The topological polar surface area (TPSA) is 73.5 Å². The molecule has 7 heteroatoms. The standard InChI is InChI=1S/C15H24N4O2.ClH/c1-15(2,13(20)19(4)11-10-16-3)18-14(21)17-12-8-6-5-7-9-12;/h5-9,16H,10-11H2,1-4H3,(H2,17,18,21);1H. The zero-order valence-electron chi connectivity index (χ0n) is 13.5. The molecule has 0 aromatic heterocycles. The molecule has 0 spiro atoms. The summed E-state index contributed by atoms with van der Waals surface area (Å²) in [4.78, 5) is 25.9. The molecular weight excluding hydrogens is 304 g/mol. The van der Waals surface area contributed by atoms with Gasteiger partial charge in [-0.2, -0.15) is 0 Å². The molecule has 3 N–H and O–H groups in total. The maximum absolute atomic E-state index is 12.3. The molecule has 0 unspecified atom stereocenters. The second-order valence-corrected chi connectivity index (χ2v) is 5.40. The Kier molecular flexibility index (Phi) is 8.52. The molecule has 0 aliphatic heterocycles. The average Bonchev–Trinajstić information content (AvgIpc) is 2.44. The lowest BCUT2D eigenvalue weighted by molar-refractivity contribution is -0.135. The van der Waals surface area contributed by atoms with Gasteiger partial charge in [-0.1, -0.05) is 18.2 Å². The van der Waals surface area contributed by atoms with E-state index in [0.29, 0.717) is 18.8 Å². The minimum Gasteiger partial charge on any atom is -0.342 e. The lowest BCUT2D eigenvalue weighted by Crippen LogP contribution is -2.56. The van der Waals surface area contributed by atoms with Crippen molar-refractivity contribution in [3.8, 4) is 0 Å². The van der Waals surface area contributed by atoms with Crippen LogP contribution in [0.1, 0.15) is 13.8 Å². The van der Waals surface area contributed by atoms with Gasteiger partial charge in [0.1, 0.15) is 5.54 Å². The summed E-state index contributed by atoms with van der Waals surface area (Å²) in [5.41, 5.74) is -0.289. The fraction of sp³-hybridized carbons (Fsp3) is 0.467. The number of hydrogen-bond donors (Lipinski definition) is 3. The Balaban J connectivity index is 0.00000441. The third-order valence-electron chi connectivity index (χ3n) is 3.04. The number of rotatable bonds is 6. The number of nitrogens with zero attached hydrogens (tertiary/aromatic N) is 1. The SMILES string of the molecule is CNCCN(C)C(=O)C(C)(C)NC(=O)Nc1ccccc1.Cl. The van der Waals surface area contributed by atoms with E-state index in [1.807, 2.05) is 25.2 Å². The van der Waals surface area contributed by atoms with Crippen molar-refractivity contribution in [1.29, 1.82) is 0 Å². The number of nitrogens with one attached hydrogen (secondary N) is 3. The number of para-hydroxylation sites is 1. The minimum atomic E-state index is -0.971. The fourth-order valence-electron chi connectivity index (χ4n) is 1.88. The van der Waals surface area contributed by atoms with Gasteiger partial charge in [-0.05, 0) is 33.0 Å². The van der Waals surface area contributed by atoms with Crippen LogP contribution in [0.3, 0.4) is 0 Å². The van der Waals surface area contributed by atoms with Crippen molar-refractivity contribution in [1.82, 2.24) is 15.5 Å². The molecule has 0 heterocycles. The maximum atomic E-state index is 12.3. The van der Waals surface area contributed by atoms with Crippen LogP contribution in [0.4, 0.5) is 10.5 Å². The van der Waals surface area contributed by atoms with E-state index in [-0.39, 0.29) is 18.3 Å². The normalized spacial score (nSPS) is 10.4. The summed E-state index contributed by atoms with van der Waals surface area (Å²) < 4.78 is 0. The quantitative estimate of drug-likeness (QED) is 0.744. The number of urea groups is 1. The molecular formula is C15H25ClN4O2. The number of carbonyl (C=O) groups excluding carboxylic acids is 2. The van der Waals surface area contributed by atoms with Gasteiger partial charge < -0.3 is 20.9 Å². The van der Waals surface area contributed by atoms with Crippen LogP contribution in [-0.2, 0) is 4.79 Å². The molecule has 1 aromatic rings. The van der Waals surface area contributed by atoms with E-state index < -0.39 is 11.6 Å². The van der Waals surface area contributed by atoms with Crippen molar-refractivity contribution >= 4 is 30.0 Å². The number of anilines is 1. The van der Waals surface area contributed by atoms with E-state index in [1.54, 1.807) is 37.9 Å². The summed E-state index contributed by atoms with van der Waals surface area (Å²) in [6.45, 7) is 4.67. The highest BCUT2D eigenvalue weighted by Gasteiger charge is 2.31. The van der Waals surface area contributed by atoms with Gasteiger partial charge in [-0.25, -0.2) is 4.79 Å². The summed E-state index contributed by atoms with van der Waals surface area (Å²) in [7, 11) is 3.55. The van der Waals surface area contributed by atoms with Crippen molar-refractivity contribution in [2.75, 3.05) is 32.5 Å². The van der Waals surface area contributed by atoms with Gasteiger partial charge in [0, 0.05) is 25.8 Å². The van der Waals surface area contributed by atoms with Gasteiger partial charge in [0.15, 0.2) is 0 Å². The predicted molar refractivity (Wildman–Crippen MR) is 91.5 cm³/mol. The monoisotopic (exact) mass is 328 g/mol. The molecule has 0 saturated carbocycles. The van der Waals surface area contributed by atoms with Gasteiger partial charge in [0.2, 0.25) is 5.91 Å². The molecule has 6 nitrogen and oxygen atoms in total. The van der Waals surface area contributed by atoms with Crippen LogP contribution in [0, 0.1) is 0 Å². The molecule has 0 radical (unpaired) electrons. The molecule has 3 amide bonds. The van der Waals surface area contributed by atoms with Crippen molar-refractivity contribution < 1.29 is 9.59 Å². The smallest absolute Gasteiger partial charge is 0.320 e. The Morgan fingerprint density at radius 2 is 1.77 bits per heavy atom. The third-order valence-corrected chi connectivity index (χ3v) is 3.04. The van der Waals surface area contributed by atoms with Gasteiger partial charge in [-0.15, -0.1) is 12.4 Å². The number of likely N-dealkylation sites (N-methyl/N-ethyl adjacent to an activating group) is 2. The number of benzene rings is 1. The zero-order valence-corrected chi connectivity index (χ0v) is 14.3. The van der Waals surface area contributed by atoms with Gasteiger partial charge in [0.05, 0.1) is 0 Å². The number of carbonyl (C=O) groups is 2. The summed E-state index contributed by atoms with van der Waals surface area (Å²) in [6.07, 6.45) is 0. The molecule has 1 rings (SSSR count). The summed E-state index contributed by atoms with van der Waals surface area (Å²) >= 11 is 0.